The molecule has 0 aromatic heterocycles. The molecule has 0 saturated carbocycles. The van der Waals surface area contributed by atoms with Crippen LogP contribution in [0.1, 0.15) is 0 Å². The van der Waals surface area contributed by atoms with Gasteiger partial charge in [0.05, 0.1) is 0 Å². The third-order valence-corrected chi connectivity index (χ3v) is 5.30. The molecule has 1 atom stereocenters. The van der Waals surface area contributed by atoms with Crippen LogP contribution < -0.4 is 18.9 Å². The first-order valence-corrected chi connectivity index (χ1v) is 11.8. The van der Waals surface area contributed by atoms with E-state index in [4.69, 9.17) is 23.7 Å². The van der Waals surface area contributed by atoms with Gasteiger partial charge in [-0.2, -0.15) is 0 Å². The van der Waals surface area contributed by atoms with Gasteiger partial charge in [0.2, 0.25) is 6.79 Å². The van der Waals surface area contributed by atoms with Crippen LogP contribution in [0.5, 0.6) is 23.0 Å². The van der Waals surface area contributed by atoms with Crippen LogP contribution in [0, 0.1) is 0 Å². The van der Waals surface area contributed by atoms with Crippen LogP contribution >= 0.6 is 0 Å². The Kier molecular flexibility index (Phi) is 9.19. The lowest BCUT2D eigenvalue weighted by Gasteiger charge is -2.18. The van der Waals surface area contributed by atoms with Gasteiger partial charge in [-0.1, -0.05) is 67.2 Å². The number of ether oxygens (including phenoxy) is 5. The maximum absolute atomic E-state index is 11.7. The Morgan fingerprint density at radius 1 is 0.595 bits per heavy atom. The molecule has 0 radical (unpaired) electrons. The van der Waals surface area contributed by atoms with Crippen molar-refractivity contribution in [3.05, 3.63) is 122 Å². The van der Waals surface area contributed by atoms with Gasteiger partial charge in [0.1, 0.15) is 36.2 Å². The standard InChI is InChI=1S/C31H28O6/c1-2-31(32)37-30(21-33-26-9-5-3-6-10-26)22-34-28-17-13-24(14-18-28)25-15-19-29(20-16-25)36-23-35-27-11-7-4-8-12-27/h2-20,30H,1,21-23H2. The summed E-state index contributed by atoms with van der Waals surface area (Å²) < 4.78 is 28.2. The molecular weight excluding hydrogens is 468 g/mol. The molecule has 0 spiro atoms. The van der Waals surface area contributed by atoms with Crippen LogP contribution in [0.15, 0.2) is 122 Å². The van der Waals surface area contributed by atoms with Gasteiger partial charge in [-0.3, -0.25) is 0 Å². The highest BCUT2D eigenvalue weighted by atomic mass is 16.7. The Labute approximate surface area is 216 Å². The number of hydrogen-bond acceptors (Lipinski definition) is 6. The molecule has 0 aliphatic carbocycles. The van der Waals surface area contributed by atoms with Crippen molar-refractivity contribution in [1.82, 2.24) is 0 Å². The molecule has 0 heterocycles. The monoisotopic (exact) mass is 496 g/mol. The predicted octanol–water partition coefficient (Wildman–Crippen LogP) is 6.32. The number of hydrogen-bond donors (Lipinski definition) is 0. The van der Waals surface area contributed by atoms with Gasteiger partial charge in [-0.25, -0.2) is 4.79 Å². The molecule has 0 aliphatic rings. The second kappa shape index (κ2) is 13.4. The van der Waals surface area contributed by atoms with Crippen LogP contribution in [0.3, 0.4) is 0 Å². The molecule has 4 rings (SSSR count). The Balaban J connectivity index is 1.28. The first-order valence-electron chi connectivity index (χ1n) is 11.8. The zero-order valence-corrected chi connectivity index (χ0v) is 20.3. The maximum atomic E-state index is 11.7. The first-order chi connectivity index (χ1) is 18.2. The zero-order chi connectivity index (χ0) is 25.7. The zero-order valence-electron chi connectivity index (χ0n) is 20.3. The highest BCUT2D eigenvalue weighted by molar-refractivity contribution is 5.81. The summed E-state index contributed by atoms with van der Waals surface area (Å²) in [5.74, 6) is 2.29. The van der Waals surface area contributed by atoms with Crippen LogP contribution in [0.25, 0.3) is 11.1 Å². The highest BCUT2D eigenvalue weighted by Crippen LogP contribution is 2.25. The smallest absolute Gasteiger partial charge is 0.330 e. The second-order valence-electron chi connectivity index (χ2n) is 7.97. The van der Waals surface area contributed by atoms with E-state index in [1.807, 2.05) is 109 Å². The number of carbonyl (C=O) groups excluding carboxylic acids is 1. The quantitative estimate of drug-likeness (QED) is 0.123. The fourth-order valence-electron chi connectivity index (χ4n) is 3.39. The normalized spacial score (nSPS) is 11.1. The summed E-state index contributed by atoms with van der Waals surface area (Å²) in [4.78, 5) is 11.7. The van der Waals surface area contributed by atoms with E-state index in [-0.39, 0.29) is 20.0 Å². The van der Waals surface area contributed by atoms with E-state index in [1.165, 1.54) is 0 Å². The molecule has 0 fully saturated rings. The van der Waals surface area contributed by atoms with Crippen LogP contribution in [0.2, 0.25) is 0 Å². The highest BCUT2D eigenvalue weighted by Gasteiger charge is 2.15. The van der Waals surface area contributed by atoms with Crippen LogP contribution in [-0.2, 0) is 9.53 Å². The molecule has 37 heavy (non-hydrogen) atoms. The molecule has 6 heteroatoms. The van der Waals surface area contributed by atoms with Crippen molar-refractivity contribution in [2.45, 2.75) is 6.10 Å². The lowest BCUT2D eigenvalue weighted by atomic mass is 10.1. The lowest BCUT2D eigenvalue weighted by Crippen LogP contribution is -2.30. The Morgan fingerprint density at radius 3 is 1.46 bits per heavy atom. The summed E-state index contributed by atoms with van der Waals surface area (Å²) >= 11 is 0. The molecule has 0 N–H and O–H groups in total. The number of rotatable bonds is 13. The van der Waals surface area contributed by atoms with E-state index >= 15 is 0 Å². The maximum Gasteiger partial charge on any atom is 0.330 e. The van der Waals surface area contributed by atoms with Gasteiger partial charge in [0.15, 0.2) is 6.10 Å². The van der Waals surface area contributed by atoms with Crippen LogP contribution in [0.4, 0.5) is 0 Å². The molecule has 188 valence electrons. The molecule has 1 unspecified atom stereocenters. The van der Waals surface area contributed by atoms with E-state index in [0.717, 1.165) is 28.7 Å². The molecular formula is C31H28O6. The first kappa shape index (κ1) is 25.4. The average molecular weight is 497 g/mol. The largest absolute Gasteiger partial charge is 0.490 e. The Hall–Kier alpha value is -4.71. The molecule has 0 aliphatic heterocycles. The molecule has 4 aromatic carbocycles. The third kappa shape index (κ3) is 8.18. The van der Waals surface area contributed by atoms with Crippen molar-refractivity contribution >= 4 is 5.97 Å². The van der Waals surface area contributed by atoms with Gasteiger partial charge in [0.25, 0.3) is 0 Å². The number of esters is 1. The Morgan fingerprint density at radius 2 is 1.00 bits per heavy atom. The fraction of sp³-hybridized carbons (Fsp3) is 0.129. The summed E-state index contributed by atoms with van der Waals surface area (Å²) in [6, 6.07) is 34.3. The summed E-state index contributed by atoms with van der Waals surface area (Å²) in [6.07, 6.45) is 0.528. The average Bonchev–Trinajstić information content (AvgIpc) is 2.96. The van der Waals surface area contributed by atoms with Gasteiger partial charge >= 0.3 is 5.97 Å². The number of benzene rings is 4. The number of para-hydroxylation sites is 2. The third-order valence-electron chi connectivity index (χ3n) is 5.30. The molecule has 4 aromatic rings. The van der Waals surface area contributed by atoms with E-state index in [2.05, 4.69) is 6.58 Å². The summed E-state index contributed by atoms with van der Waals surface area (Å²) in [5.41, 5.74) is 2.07. The SMILES string of the molecule is C=CC(=O)OC(COc1ccccc1)COc1ccc(-c2ccc(OCOc3ccccc3)cc2)cc1. The van der Waals surface area contributed by atoms with Crippen molar-refractivity contribution in [3.8, 4) is 34.1 Å². The van der Waals surface area contributed by atoms with Gasteiger partial charge in [-0.05, 0) is 59.7 Å². The van der Waals surface area contributed by atoms with Crippen molar-refractivity contribution in [3.63, 3.8) is 0 Å². The van der Waals surface area contributed by atoms with Crippen molar-refractivity contribution in [2.75, 3.05) is 20.0 Å². The summed E-state index contributed by atoms with van der Waals surface area (Å²) in [7, 11) is 0. The predicted molar refractivity (Wildman–Crippen MR) is 142 cm³/mol. The molecule has 0 bridgehead atoms. The van der Waals surface area contributed by atoms with E-state index in [1.54, 1.807) is 0 Å². The minimum atomic E-state index is -0.594. The van der Waals surface area contributed by atoms with E-state index in [9.17, 15) is 4.79 Å². The summed E-state index contributed by atoms with van der Waals surface area (Å²) in [5, 5.41) is 0. The second-order valence-corrected chi connectivity index (χ2v) is 7.97. The van der Waals surface area contributed by atoms with E-state index < -0.39 is 12.1 Å². The van der Waals surface area contributed by atoms with Crippen LogP contribution in [-0.4, -0.2) is 32.1 Å². The molecule has 0 saturated heterocycles. The van der Waals surface area contributed by atoms with Crippen molar-refractivity contribution in [1.29, 1.82) is 0 Å². The Bertz CT molecular complexity index is 1240. The topological polar surface area (TPSA) is 63.2 Å². The van der Waals surface area contributed by atoms with Gasteiger partial charge < -0.3 is 23.7 Å². The fourth-order valence-corrected chi connectivity index (χ4v) is 3.39. The lowest BCUT2D eigenvalue weighted by molar-refractivity contribution is -0.146. The number of carbonyl (C=O) groups is 1. The summed E-state index contributed by atoms with van der Waals surface area (Å²) in [6.45, 7) is 3.89. The van der Waals surface area contributed by atoms with E-state index in [0.29, 0.717) is 11.5 Å². The minimum Gasteiger partial charge on any atom is -0.490 e. The van der Waals surface area contributed by atoms with Crippen molar-refractivity contribution in [2.24, 2.45) is 0 Å². The van der Waals surface area contributed by atoms with Gasteiger partial charge in [-0.15, -0.1) is 0 Å². The van der Waals surface area contributed by atoms with Crippen molar-refractivity contribution < 1.29 is 28.5 Å². The minimum absolute atomic E-state index is 0.134. The molecule has 0 amide bonds. The molecule has 6 nitrogen and oxygen atoms in total. The van der Waals surface area contributed by atoms with Gasteiger partial charge in [0, 0.05) is 6.08 Å².